The number of H-pyrrole nitrogens is 1. The van der Waals surface area contributed by atoms with Gasteiger partial charge in [0.05, 0.1) is 0 Å². The summed E-state index contributed by atoms with van der Waals surface area (Å²) >= 11 is 1.60. The molecule has 3 heteroatoms. The molecule has 0 saturated heterocycles. The molecular weight excluding hydrogens is 288 g/mol. The summed E-state index contributed by atoms with van der Waals surface area (Å²) in [4.78, 5) is 3.37. The highest BCUT2D eigenvalue weighted by atomic mass is 32.2. The molecule has 0 aliphatic carbocycles. The van der Waals surface area contributed by atoms with E-state index in [0.29, 0.717) is 0 Å². The van der Waals surface area contributed by atoms with Gasteiger partial charge in [0.1, 0.15) is 0 Å². The Morgan fingerprint density at radius 2 is 1.82 bits per heavy atom. The van der Waals surface area contributed by atoms with Crippen LogP contribution in [0.3, 0.4) is 0 Å². The first-order valence-corrected chi connectivity index (χ1v) is 8.18. The third-order valence-corrected chi connectivity index (χ3v) is 4.08. The van der Waals surface area contributed by atoms with Crippen molar-refractivity contribution in [1.29, 1.82) is 0 Å². The lowest BCUT2D eigenvalue weighted by atomic mass is 10.0. The van der Waals surface area contributed by atoms with Crippen LogP contribution in [0.15, 0.2) is 59.1 Å². The summed E-state index contributed by atoms with van der Waals surface area (Å²) in [5.41, 5.74) is 4.73. The standard InChI is InChI=1S/C19H20N2S/c1-19(2,3)22-21-12-14-9-10-16-17(13-20-18(16)11-14)15-7-5-4-6-8-15/h4-13,20H,1-3H3/b21-12+. The monoisotopic (exact) mass is 308 g/mol. The maximum Gasteiger partial charge on any atom is 0.0466 e. The van der Waals surface area contributed by atoms with E-state index in [2.05, 4.69) is 78.8 Å². The van der Waals surface area contributed by atoms with Crippen molar-refractivity contribution >= 4 is 29.1 Å². The summed E-state index contributed by atoms with van der Waals surface area (Å²) in [5.74, 6) is 0. The number of benzene rings is 2. The molecule has 2 nitrogen and oxygen atoms in total. The highest BCUT2D eigenvalue weighted by molar-refractivity contribution is 7.99. The van der Waals surface area contributed by atoms with E-state index in [4.69, 9.17) is 0 Å². The Morgan fingerprint density at radius 3 is 2.55 bits per heavy atom. The second-order valence-corrected chi connectivity index (χ2v) is 7.93. The van der Waals surface area contributed by atoms with Crippen molar-refractivity contribution in [3.8, 4) is 11.1 Å². The van der Waals surface area contributed by atoms with Gasteiger partial charge in [-0.2, -0.15) is 0 Å². The highest BCUT2D eigenvalue weighted by Crippen LogP contribution is 2.29. The third kappa shape index (κ3) is 3.42. The van der Waals surface area contributed by atoms with E-state index >= 15 is 0 Å². The van der Waals surface area contributed by atoms with Crippen molar-refractivity contribution < 1.29 is 0 Å². The molecule has 0 aliphatic heterocycles. The van der Waals surface area contributed by atoms with E-state index in [1.807, 2.05) is 12.3 Å². The number of hydrogen-bond acceptors (Lipinski definition) is 2. The molecular formula is C19H20N2S. The van der Waals surface area contributed by atoms with E-state index in [1.54, 1.807) is 11.9 Å². The Labute approximate surface area is 135 Å². The molecule has 0 saturated carbocycles. The van der Waals surface area contributed by atoms with Gasteiger partial charge in [0.25, 0.3) is 0 Å². The van der Waals surface area contributed by atoms with Crippen LogP contribution in [-0.4, -0.2) is 15.9 Å². The Kier molecular flexibility index (Phi) is 4.08. The van der Waals surface area contributed by atoms with Crippen LogP contribution in [0.1, 0.15) is 26.3 Å². The van der Waals surface area contributed by atoms with Crippen LogP contribution in [0.5, 0.6) is 0 Å². The molecule has 2 aromatic carbocycles. The Balaban J connectivity index is 1.90. The van der Waals surface area contributed by atoms with Gasteiger partial charge in [-0.05, 0) is 49.9 Å². The molecule has 0 aliphatic rings. The predicted molar refractivity (Wildman–Crippen MR) is 98.7 cm³/mol. The largest absolute Gasteiger partial charge is 0.361 e. The molecule has 0 fully saturated rings. The van der Waals surface area contributed by atoms with E-state index in [1.165, 1.54) is 16.5 Å². The van der Waals surface area contributed by atoms with Crippen LogP contribution in [0, 0.1) is 0 Å². The van der Waals surface area contributed by atoms with Gasteiger partial charge in [0.15, 0.2) is 0 Å². The Morgan fingerprint density at radius 1 is 1.05 bits per heavy atom. The summed E-state index contributed by atoms with van der Waals surface area (Å²) in [6.07, 6.45) is 4.00. The SMILES string of the molecule is CC(C)(C)S/N=C/c1ccc2c(-c3ccccc3)c[nH]c2c1. The van der Waals surface area contributed by atoms with Crippen molar-refractivity contribution in [1.82, 2.24) is 4.98 Å². The number of nitrogens with one attached hydrogen (secondary N) is 1. The van der Waals surface area contributed by atoms with Crippen molar-refractivity contribution in [2.24, 2.45) is 4.40 Å². The minimum Gasteiger partial charge on any atom is -0.361 e. The molecule has 0 radical (unpaired) electrons. The van der Waals surface area contributed by atoms with Crippen LogP contribution in [0.25, 0.3) is 22.0 Å². The Bertz CT molecular complexity index is 795. The summed E-state index contributed by atoms with van der Waals surface area (Å²) in [6, 6.07) is 16.9. The topological polar surface area (TPSA) is 28.1 Å². The highest BCUT2D eigenvalue weighted by Gasteiger charge is 2.09. The molecule has 1 heterocycles. The molecule has 0 bridgehead atoms. The molecule has 0 unspecified atom stereocenters. The first-order valence-electron chi connectivity index (χ1n) is 7.41. The quantitative estimate of drug-likeness (QED) is 0.488. The van der Waals surface area contributed by atoms with Gasteiger partial charge in [-0.1, -0.05) is 42.5 Å². The molecule has 22 heavy (non-hydrogen) atoms. The van der Waals surface area contributed by atoms with Crippen LogP contribution in [0.4, 0.5) is 0 Å². The summed E-state index contributed by atoms with van der Waals surface area (Å²) in [7, 11) is 0. The molecule has 1 aromatic heterocycles. The minimum absolute atomic E-state index is 0.146. The van der Waals surface area contributed by atoms with Crippen LogP contribution >= 0.6 is 11.9 Å². The first kappa shape index (κ1) is 14.9. The molecule has 0 atom stereocenters. The lowest BCUT2D eigenvalue weighted by Gasteiger charge is -2.12. The third-order valence-electron chi connectivity index (χ3n) is 3.32. The van der Waals surface area contributed by atoms with Crippen LogP contribution < -0.4 is 0 Å². The first-order chi connectivity index (χ1) is 10.5. The van der Waals surface area contributed by atoms with Crippen molar-refractivity contribution in [2.45, 2.75) is 25.5 Å². The molecule has 1 N–H and O–H groups in total. The zero-order chi connectivity index (χ0) is 15.6. The zero-order valence-corrected chi connectivity index (χ0v) is 13.9. The fraction of sp³-hybridized carbons (Fsp3) is 0.211. The van der Waals surface area contributed by atoms with Crippen molar-refractivity contribution in [3.05, 3.63) is 60.3 Å². The van der Waals surface area contributed by atoms with Crippen molar-refractivity contribution in [2.75, 3.05) is 0 Å². The minimum atomic E-state index is 0.146. The van der Waals surface area contributed by atoms with E-state index in [0.717, 1.165) is 11.1 Å². The fourth-order valence-corrected chi connectivity index (χ4v) is 2.82. The molecule has 0 amide bonds. The second kappa shape index (κ2) is 6.01. The zero-order valence-electron chi connectivity index (χ0n) is 13.1. The smallest absolute Gasteiger partial charge is 0.0466 e. The van der Waals surface area contributed by atoms with Crippen LogP contribution in [-0.2, 0) is 0 Å². The fourth-order valence-electron chi connectivity index (χ4n) is 2.33. The number of aromatic nitrogens is 1. The maximum atomic E-state index is 4.46. The van der Waals surface area contributed by atoms with Gasteiger partial charge >= 0.3 is 0 Å². The predicted octanol–water partition coefficient (Wildman–Crippen LogP) is 5.70. The van der Waals surface area contributed by atoms with Gasteiger partial charge in [-0.3, -0.25) is 0 Å². The van der Waals surface area contributed by atoms with Gasteiger partial charge in [-0.25, -0.2) is 4.40 Å². The maximum absolute atomic E-state index is 4.46. The number of aromatic amines is 1. The lowest BCUT2D eigenvalue weighted by Crippen LogP contribution is -2.04. The molecule has 112 valence electrons. The van der Waals surface area contributed by atoms with Crippen LogP contribution in [0.2, 0.25) is 0 Å². The Hall–Kier alpha value is -2.00. The summed E-state index contributed by atoms with van der Waals surface area (Å²) in [5, 5.41) is 1.24. The van der Waals surface area contributed by atoms with E-state index in [9.17, 15) is 0 Å². The van der Waals surface area contributed by atoms with E-state index < -0.39 is 0 Å². The average molecular weight is 308 g/mol. The number of rotatable bonds is 3. The number of hydrogen-bond donors (Lipinski definition) is 1. The average Bonchev–Trinajstić information content (AvgIpc) is 2.90. The van der Waals surface area contributed by atoms with Gasteiger partial charge in [0, 0.05) is 33.6 Å². The second-order valence-electron chi connectivity index (χ2n) is 6.31. The normalized spacial score (nSPS) is 12.3. The molecule has 3 aromatic rings. The van der Waals surface area contributed by atoms with Gasteiger partial charge in [-0.15, -0.1) is 0 Å². The number of nitrogens with zero attached hydrogens (tertiary/aromatic N) is 1. The van der Waals surface area contributed by atoms with Gasteiger partial charge < -0.3 is 4.98 Å². The van der Waals surface area contributed by atoms with E-state index in [-0.39, 0.29) is 4.75 Å². The number of fused-ring (bicyclic) bond motifs is 1. The molecule has 3 rings (SSSR count). The van der Waals surface area contributed by atoms with Crippen molar-refractivity contribution in [3.63, 3.8) is 0 Å². The summed E-state index contributed by atoms with van der Waals surface area (Å²) < 4.78 is 4.61. The summed E-state index contributed by atoms with van der Waals surface area (Å²) in [6.45, 7) is 6.49. The molecule has 0 spiro atoms. The lowest BCUT2D eigenvalue weighted by molar-refractivity contribution is 0.804. The van der Waals surface area contributed by atoms with Gasteiger partial charge in [0.2, 0.25) is 0 Å².